The number of benzene rings is 1. The molecule has 0 amide bonds. The number of thioether (sulfide) groups is 1. The second-order valence-electron chi connectivity index (χ2n) is 5.11. The molecule has 0 spiro atoms. The van der Waals surface area contributed by atoms with E-state index < -0.39 is 5.97 Å². The molecule has 0 heterocycles. The summed E-state index contributed by atoms with van der Waals surface area (Å²) in [5.41, 5.74) is 0.642. The Morgan fingerprint density at radius 1 is 1.41 bits per heavy atom. The summed E-state index contributed by atoms with van der Waals surface area (Å²) in [7, 11) is 0. The highest BCUT2D eigenvalue weighted by Crippen LogP contribution is 2.28. The Morgan fingerprint density at radius 3 is 2.59 bits per heavy atom. The van der Waals surface area contributed by atoms with Crippen LogP contribution >= 0.6 is 27.7 Å². The minimum atomic E-state index is -0.893. The number of rotatable bonds is 4. The third kappa shape index (κ3) is 5.13. The van der Waals surface area contributed by atoms with Crippen LogP contribution in [0, 0.1) is 5.41 Å². The van der Waals surface area contributed by atoms with Gasteiger partial charge in [0.15, 0.2) is 0 Å². The lowest BCUT2D eigenvalue weighted by Crippen LogP contribution is -2.05. The van der Waals surface area contributed by atoms with E-state index in [-0.39, 0.29) is 0 Å². The lowest BCUT2D eigenvalue weighted by atomic mass is 9.94. The molecule has 0 unspecified atom stereocenters. The molecule has 1 aromatic rings. The van der Waals surface area contributed by atoms with E-state index >= 15 is 0 Å². The van der Waals surface area contributed by atoms with Crippen LogP contribution in [0.15, 0.2) is 27.6 Å². The van der Waals surface area contributed by atoms with E-state index in [0.29, 0.717) is 15.5 Å². The van der Waals surface area contributed by atoms with E-state index in [0.717, 1.165) is 17.1 Å². The molecule has 0 aliphatic carbocycles. The molecular formula is C13H17BrO2S. The van der Waals surface area contributed by atoms with E-state index in [2.05, 4.69) is 36.7 Å². The Labute approximate surface area is 115 Å². The minimum absolute atomic E-state index is 0.317. The average molecular weight is 317 g/mol. The zero-order chi connectivity index (χ0) is 13.1. The van der Waals surface area contributed by atoms with Crippen molar-refractivity contribution in [3.05, 3.63) is 28.2 Å². The number of hydrogen-bond acceptors (Lipinski definition) is 2. The van der Waals surface area contributed by atoms with Crippen LogP contribution in [0.3, 0.4) is 0 Å². The Balaban J connectivity index is 2.67. The molecule has 2 nitrogen and oxygen atoms in total. The van der Waals surface area contributed by atoms with Crippen molar-refractivity contribution in [3.8, 4) is 0 Å². The van der Waals surface area contributed by atoms with E-state index in [4.69, 9.17) is 5.11 Å². The van der Waals surface area contributed by atoms with Crippen LogP contribution in [0.1, 0.15) is 37.6 Å². The first-order valence-corrected chi connectivity index (χ1v) is 7.23. The second kappa shape index (κ2) is 5.91. The van der Waals surface area contributed by atoms with Gasteiger partial charge in [0.25, 0.3) is 0 Å². The van der Waals surface area contributed by atoms with E-state index in [9.17, 15) is 4.79 Å². The average Bonchev–Trinajstić information content (AvgIpc) is 2.18. The summed E-state index contributed by atoms with van der Waals surface area (Å²) in [5, 5.41) is 9.01. The highest BCUT2D eigenvalue weighted by atomic mass is 79.9. The summed E-state index contributed by atoms with van der Waals surface area (Å²) in [6.07, 6.45) is 1.11. The van der Waals surface area contributed by atoms with Gasteiger partial charge in [0.1, 0.15) is 0 Å². The predicted molar refractivity (Wildman–Crippen MR) is 75.9 cm³/mol. The fraction of sp³-hybridized carbons (Fsp3) is 0.462. The first-order chi connectivity index (χ1) is 7.79. The second-order valence-corrected chi connectivity index (χ2v) is 7.13. The van der Waals surface area contributed by atoms with Crippen molar-refractivity contribution in [1.29, 1.82) is 0 Å². The molecule has 0 aromatic heterocycles. The highest BCUT2D eigenvalue weighted by molar-refractivity contribution is 9.10. The van der Waals surface area contributed by atoms with Crippen LogP contribution in [0.5, 0.6) is 0 Å². The number of carbonyl (C=O) groups is 1. The Hall–Kier alpha value is -0.480. The van der Waals surface area contributed by atoms with E-state index in [1.54, 1.807) is 23.9 Å². The van der Waals surface area contributed by atoms with Gasteiger partial charge in [0, 0.05) is 9.37 Å². The normalized spacial score (nSPS) is 11.5. The van der Waals surface area contributed by atoms with Crippen molar-refractivity contribution in [2.75, 3.05) is 5.75 Å². The zero-order valence-electron chi connectivity index (χ0n) is 10.3. The van der Waals surface area contributed by atoms with Crippen molar-refractivity contribution < 1.29 is 9.90 Å². The summed E-state index contributed by atoms with van der Waals surface area (Å²) in [6, 6.07) is 5.46. The monoisotopic (exact) mass is 316 g/mol. The number of carboxylic acid groups (broad SMARTS) is 1. The Bertz CT molecular complexity index is 410. The van der Waals surface area contributed by atoms with Gasteiger partial charge in [-0.15, -0.1) is 11.8 Å². The maximum absolute atomic E-state index is 11.0. The van der Waals surface area contributed by atoms with Gasteiger partial charge in [-0.1, -0.05) is 20.8 Å². The molecule has 0 radical (unpaired) electrons. The third-order valence-corrected chi connectivity index (χ3v) is 3.98. The standard InChI is InChI=1S/C13H17BrO2S/c1-13(2,3)6-7-17-9-4-5-11(14)10(8-9)12(15)16/h4-5,8H,6-7H2,1-3H3,(H,15,16). The SMILES string of the molecule is CC(C)(C)CCSc1ccc(Br)c(C(=O)O)c1. The molecule has 0 aliphatic rings. The molecule has 0 saturated heterocycles. The fourth-order valence-corrected chi connectivity index (χ4v) is 2.96. The number of halogens is 1. The highest BCUT2D eigenvalue weighted by Gasteiger charge is 2.12. The predicted octanol–water partition coefficient (Wildman–Crippen LogP) is 4.68. The van der Waals surface area contributed by atoms with Crippen molar-refractivity contribution >= 4 is 33.7 Å². The lowest BCUT2D eigenvalue weighted by molar-refractivity contribution is 0.0695. The smallest absolute Gasteiger partial charge is 0.336 e. The summed E-state index contributed by atoms with van der Waals surface area (Å²) < 4.78 is 0.630. The molecule has 1 aromatic carbocycles. The summed E-state index contributed by atoms with van der Waals surface area (Å²) in [4.78, 5) is 12.0. The van der Waals surface area contributed by atoms with Gasteiger partial charge in [-0.3, -0.25) is 0 Å². The first-order valence-electron chi connectivity index (χ1n) is 5.45. The summed E-state index contributed by atoms with van der Waals surface area (Å²) >= 11 is 4.94. The molecule has 0 fully saturated rings. The van der Waals surface area contributed by atoms with Crippen molar-refractivity contribution in [1.82, 2.24) is 0 Å². The summed E-state index contributed by atoms with van der Waals surface area (Å²) in [5.74, 6) is 0.111. The zero-order valence-corrected chi connectivity index (χ0v) is 12.7. The first kappa shape index (κ1) is 14.6. The topological polar surface area (TPSA) is 37.3 Å². The van der Waals surface area contributed by atoms with Gasteiger partial charge < -0.3 is 5.11 Å². The van der Waals surface area contributed by atoms with Crippen LogP contribution in [-0.2, 0) is 0 Å². The molecule has 1 N–H and O–H groups in total. The molecule has 0 saturated carbocycles. The number of carboxylic acids is 1. The quantitative estimate of drug-likeness (QED) is 0.820. The Morgan fingerprint density at radius 2 is 2.06 bits per heavy atom. The molecular weight excluding hydrogens is 300 g/mol. The lowest BCUT2D eigenvalue weighted by Gasteiger charge is -2.17. The van der Waals surface area contributed by atoms with Crippen LogP contribution in [-0.4, -0.2) is 16.8 Å². The van der Waals surface area contributed by atoms with Crippen LogP contribution in [0.25, 0.3) is 0 Å². The number of hydrogen-bond donors (Lipinski definition) is 1. The largest absolute Gasteiger partial charge is 0.478 e. The maximum atomic E-state index is 11.0. The van der Waals surface area contributed by atoms with E-state index in [1.807, 2.05) is 6.07 Å². The number of aromatic carboxylic acids is 1. The van der Waals surface area contributed by atoms with Crippen LogP contribution in [0.2, 0.25) is 0 Å². The molecule has 17 heavy (non-hydrogen) atoms. The summed E-state index contributed by atoms with van der Waals surface area (Å²) in [6.45, 7) is 6.62. The van der Waals surface area contributed by atoms with E-state index in [1.165, 1.54) is 0 Å². The minimum Gasteiger partial charge on any atom is -0.478 e. The molecule has 0 bridgehead atoms. The molecule has 4 heteroatoms. The van der Waals surface area contributed by atoms with Crippen molar-refractivity contribution in [3.63, 3.8) is 0 Å². The third-order valence-electron chi connectivity index (χ3n) is 2.29. The van der Waals surface area contributed by atoms with Crippen LogP contribution < -0.4 is 0 Å². The van der Waals surface area contributed by atoms with Gasteiger partial charge in [-0.25, -0.2) is 4.79 Å². The van der Waals surface area contributed by atoms with Crippen LogP contribution in [0.4, 0.5) is 0 Å². The molecule has 0 aliphatic heterocycles. The van der Waals surface area contributed by atoms with Gasteiger partial charge in [-0.05, 0) is 51.7 Å². The van der Waals surface area contributed by atoms with Crippen molar-refractivity contribution in [2.45, 2.75) is 32.1 Å². The van der Waals surface area contributed by atoms with Crippen molar-refractivity contribution in [2.24, 2.45) is 5.41 Å². The molecule has 0 atom stereocenters. The maximum Gasteiger partial charge on any atom is 0.336 e. The van der Waals surface area contributed by atoms with Gasteiger partial charge in [-0.2, -0.15) is 0 Å². The van der Waals surface area contributed by atoms with Gasteiger partial charge >= 0.3 is 5.97 Å². The Kier molecular flexibility index (Phi) is 5.07. The molecule has 94 valence electrons. The van der Waals surface area contributed by atoms with Gasteiger partial charge in [0.2, 0.25) is 0 Å². The fourth-order valence-electron chi connectivity index (χ4n) is 1.23. The molecule has 1 rings (SSSR count). The van der Waals surface area contributed by atoms with Gasteiger partial charge in [0.05, 0.1) is 5.56 Å².